The number of carbonyl (C=O) groups is 1. The lowest BCUT2D eigenvalue weighted by Crippen LogP contribution is -2.44. The highest BCUT2D eigenvalue weighted by atomic mass is 16.5. The van der Waals surface area contributed by atoms with Gasteiger partial charge in [0.25, 0.3) is 0 Å². The number of hydrogen-bond acceptors (Lipinski definition) is 3. The van der Waals surface area contributed by atoms with Crippen LogP contribution in [0.25, 0.3) is 0 Å². The summed E-state index contributed by atoms with van der Waals surface area (Å²) in [6, 6.07) is 9.86. The maximum atomic E-state index is 12.4. The molecule has 0 saturated carbocycles. The zero-order valence-corrected chi connectivity index (χ0v) is 15.1. The van der Waals surface area contributed by atoms with E-state index >= 15 is 0 Å². The summed E-state index contributed by atoms with van der Waals surface area (Å²) < 4.78 is 5.18. The number of rotatable bonds is 6. The number of nitrogens with one attached hydrogen (secondary N) is 2. The van der Waals surface area contributed by atoms with Crippen LogP contribution in [0.15, 0.2) is 34.9 Å². The van der Waals surface area contributed by atoms with Crippen LogP contribution in [0.2, 0.25) is 0 Å². The van der Waals surface area contributed by atoms with Gasteiger partial charge in [0.15, 0.2) is 0 Å². The molecule has 0 aliphatic rings. The van der Waals surface area contributed by atoms with Gasteiger partial charge in [0, 0.05) is 11.6 Å². The van der Waals surface area contributed by atoms with E-state index in [1.807, 2.05) is 51.1 Å². The van der Waals surface area contributed by atoms with E-state index in [0.717, 1.165) is 22.6 Å². The Morgan fingerprint density at radius 2 is 1.79 bits per heavy atom. The van der Waals surface area contributed by atoms with E-state index in [1.165, 1.54) is 0 Å². The molecule has 2 N–H and O–H groups in total. The lowest BCUT2D eigenvalue weighted by molar-refractivity contribution is 0.230. The van der Waals surface area contributed by atoms with E-state index in [4.69, 9.17) is 4.52 Å². The van der Waals surface area contributed by atoms with Crippen LogP contribution in [0.1, 0.15) is 49.4 Å². The first-order chi connectivity index (χ1) is 11.4. The summed E-state index contributed by atoms with van der Waals surface area (Å²) in [6.07, 6.45) is 0.701. The molecule has 0 spiro atoms. The van der Waals surface area contributed by atoms with Crippen LogP contribution in [-0.2, 0) is 6.42 Å². The second kappa shape index (κ2) is 7.99. The normalized spacial score (nSPS) is 13.6. The number of aromatic nitrogens is 1. The number of amides is 2. The van der Waals surface area contributed by atoms with E-state index in [1.54, 1.807) is 0 Å². The summed E-state index contributed by atoms with van der Waals surface area (Å²) in [5.74, 6) is 1.11. The highest BCUT2D eigenvalue weighted by Gasteiger charge is 2.20. The molecule has 0 radical (unpaired) electrons. The summed E-state index contributed by atoms with van der Waals surface area (Å²) in [7, 11) is 0. The molecule has 0 fully saturated rings. The molecule has 0 aliphatic carbocycles. The topological polar surface area (TPSA) is 67.2 Å². The molecule has 1 aromatic heterocycles. The maximum absolute atomic E-state index is 12.4. The fourth-order valence-electron chi connectivity index (χ4n) is 2.85. The van der Waals surface area contributed by atoms with Gasteiger partial charge in [-0.2, -0.15) is 0 Å². The van der Waals surface area contributed by atoms with Crippen molar-refractivity contribution in [2.45, 2.75) is 53.1 Å². The molecule has 0 bridgehead atoms. The Hall–Kier alpha value is -2.30. The van der Waals surface area contributed by atoms with Gasteiger partial charge < -0.3 is 15.2 Å². The number of carbonyl (C=O) groups excluding carboxylic acids is 1. The number of benzene rings is 1. The molecule has 1 aromatic carbocycles. The van der Waals surface area contributed by atoms with Crippen LogP contribution < -0.4 is 10.6 Å². The summed E-state index contributed by atoms with van der Waals surface area (Å²) in [5, 5.41) is 10.0. The molecule has 0 saturated heterocycles. The Morgan fingerprint density at radius 1 is 1.12 bits per heavy atom. The molecule has 2 unspecified atom stereocenters. The Balaban J connectivity index is 1.96. The number of aryl methyl sites for hydroxylation is 2. The molecule has 24 heavy (non-hydrogen) atoms. The van der Waals surface area contributed by atoms with Crippen LogP contribution in [0.4, 0.5) is 4.79 Å². The maximum Gasteiger partial charge on any atom is 0.315 e. The van der Waals surface area contributed by atoms with Crippen LogP contribution in [0.5, 0.6) is 0 Å². The van der Waals surface area contributed by atoms with Gasteiger partial charge in [0.05, 0.1) is 11.7 Å². The van der Waals surface area contributed by atoms with Gasteiger partial charge in [0.2, 0.25) is 0 Å². The third-order valence-corrected chi connectivity index (χ3v) is 4.18. The van der Waals surface area contributed by atoms with Crippen LogP contribution in [0.3, 0.4) is 0 Å². The first-order valence-electron chi connectivity index (χ1n) is 8.42. The molecular formula is C19H27N3O2. The van der Waals surface area contributed by atoms with Crippen LogP contribution >= 0.6 is 0 Å². The quantitative estimate of drug-likeness (QED) is 0.844. The average molecular weight is 329 g/mol. The lowest BCUT2D eigenvalue weighted by atomic mass is 9.96. The first kappa shape index (κ1) is 18.0. The molecule has 2 rings (SSSR count). The molecule has 2 amide bonds. The molecular weight excluding hydrogens is 302 g/mol. The van der Waals surface area contributed by atoms with Gasteiger partial charge in [0.1, 0.15) is 5.76 Å². The number of hydrogen-bond donors (Lipinski definition) is 2. The molecule has 2 aromatic rings. The van der Waals surface area contributed by atoms with E-state index in [2.05, 4.69) is 29.6 Å². The fraction of sp³-hybridized carbons (Fsp3) is 0.474. The number of nitrogens with zero attached hydrogens (tertiary/aromatic N) is 1. The molecule has 1 heterocycles. The Morgan fingerprint density at radius 3 is 2.33 bits per heavy atom. The molecule has 5 heteroatoms. The van der Waals surface area contributed by atoms with Crippen molar-refractivity contribution in [1.82, 2.24) is 15.8 Å². The minimum Gasteiger partial charge on any atom is -0.361 e. The zero-order chi connectivity index (χ0) is 17.7. The van der Waals surface area contributed by atoms with E-state index in [9.17, 15) is 4.79 Å². The zero-order valence-electron chi connectivity index (χ0n) is 15.1. The van der Waals surface area contributed by atoms with Gasteiger partial charge in [-0.05, 0) is 38.7 Å². The number of urea groups is 1. The Bertz CT molecular complexity index is 645. The van der Waals surface area contributed by atoms with Crippen molar-refractivity contribution >= 4 is 6.03 Å². The first-order valence-corrected chi connectivity index (χ1v) is 8.42. The van der Waals surface area contributed by atoms with Crippen molar-refractivity contribution in [3.8, 4) is 0 Å². The average Bonchev–Trinajstić information content (AvgIpc) is 2.85. The van der Waals surface area contributed by atoms with E-state index < -0.39 is 0 Å². The predicted octanol–water partition coefficient (Wildman–Crippen LogP) is 3.92. The van der Waals surface area contributed by atoms with Gasteiger partial charge in [-0.1, -0.05) is 49.3 Å². The second-order valence-corrected chi connectivity index (χ2v) is 6.66. The minimum absolute atomic E-state index is 0.00890. The summed E-state index contributed by atoms with van der Waals surface area (Å²) in [4.78, 5) is 12.4. The molecule has 2 atom stereocenters. The fourth-order valence-corrected chi connectivity index (χ4v) is 2.85. The predicted molar refractivity (Wildman–Crippen MR) is 94.8 cm³/mol. The van der Waals surface area contributed by atoms with Crippen molar-refractivity contribution in [2.75, 3.05) is 0 Å². The smallest absolute Gasteiger partial charge is 0.315 e. The van der Waals surface area contributed by atoms with Crippen molar-refractivity contribution in [3.63, 3.8) is 0 Å². The third kappa shape index (κ3) is 4.60. The van der Waals surface area contributed by atoms with Crippen LogP contribution in [0, 0.1) is 19.8 Å². The second-order valence-electron chi connectivity index (χ2n) is 6.66. The standard InChI is InChI=1S/C19H27N3O2/c1-12(2)18(16-9-7-6-8-10-16)21-19(23)20-13(3)11-17-14(4)22-24-15(17)5/h6-10,12-13,18H,11H2,1-5H3,(H2,20,21,23). The van der Waals surface area contributed by atoms with Crippen molar-refractivity contribution < 1.29 is 9.32 Å². The van der Waals surface area contributed by atoms with Crippen molar-refractivity contribution in [2.24, 2.45) is 5.92 Å². The van der Waals surface area contributed by atoms with Gasteiger partial charge in [-0.3, -0.25) is 0 Å². The lowest BCUT2D eigenvalue weighted by Gasteiger charge is -2.24. The highest BCUT2D eigenvalue weighted by Crippen LogP contribution is 2.21. The summed E-state index contributed by atoms with van der Waals surface area (Å²) in [5.41, 5.74) is 3.05. The summed E-state index contributed by atoms with van der Waals surface area (Å²) >= 11 is 0. The molecule has 0 aliphatic heterocycles. The molecule has 5 nitrogen and oxygen atoms in total. The van der Waals surface area contributed by atoms with Gasteiger partial charge >= 0.3 is 6.03 Å². The van der Waals surface area contributed by atoms with Crippen molar-refractivity contribution in [1.29, 1.82) is 0 Å². The largest absolute Gasteiger partial charge is 0.361 e. The van der Waals surface area contributed by atoms with E-state index in [0.29, 0.717) is 12.3 Å². The van der Waals surface area contributed by atoms with E-state index in [-0.39, 0.29) is 18.1 Å². The Kier molecular flexibility index (Phi) is 6.01. The van der Waals surface area contributed by atoms with Gasteiger partial charge in [-0.25, -0.2) is 4.79 Å². The summed E-state index contributed by atoms with van der Waals surface area (Å²) in [6.45, 7) is 10.0. The Labute approximate surface area is 143 Å². The van der Waals surface area contributed by atoms with Crippen LogP contribution in [-0.4, -0.2) is 17.2 Å². The monoisotopic (exact) mass is 329 g/mol. The highest BCUT2D eigenvalue weighted by molar-refractivity contribution is 5.74. The SMILES string of the molecule is Cc1noc(C)c1CC(C)NC(=O)NC(c1ccccc1)C(C)C. The van der Waals surface area contributed by atoms with Crippen molar-refractivity contribution in [3.05, 3.63) is 52.9 Å². The van der Waals surface area contributed by atoms with Gasteiger partial charge in [-0.15, -0.1) is 0 Å². The minimum atomic E-state index is -0.156. The molecule has 130 valence electrons. The third-order valence-electron chi connectivity index (χ3n) is 4.18.